The van der Waals surface area contributed by atoms with E-state index in [4.69, 9.17) is 5.73 Å². The van der Waals surface area contributed by atoms with Gasteiger partial charge < -0.3 is 10.3 Å². The number of halogens is 2. The Balaban J connectivity index is 2.22. The predicted molar refractivity (Wildman–Crippen MR) is 61.5 cm³/mol. The highest BCUT2D eigenvalue weighted by Gasteiger charge is 2.31. The minimum Gasteiger partial charge on any atom is -0.369 e. The van der Waals surface area contributed by atoms with Crippen LogP contribution in [0.5, 0.6) is 0 Å². The zero-order valence-electron chi connectivity index (χ0n) is 9.45. The van der Waals surface area contributed by atoms with Gasteiger partial charge in [0.25, 0.3) is 0 Å². The molecule has 0 bridgehead atoms. The summed E-state index contributed by atoms with van der Waals surface area (Å²) in [6.45, 7) is 2.13. The van der Waals surface area contributed by atoms with Crippen molar-refractivity contribution in [2.75, 3.05) is 5.73 Å². The first-order valence-electron chi connectivity index (χ1n) is 5.69. The van der Waals surface area contributed by atoms with Gasteiger partial charge in [0.05, 0.1) is 5.52 Å². The molecule has 1 aliphatic rings. The maximum Gasteiger partial charge on any atom is 0.201 e. The molecule has 90 valence electrons. The minimum atomic E-state index is -0.856. The van der Waals surface area contributed by atoms with Crippen LogP contribution >= 0.6 is 0 Å². The molecule has 1 aromatic heterocycles. The van der Waals surface area contributed by atoms with Crippen molar-refractivity contribution in [1.82, 2.24) is 9.55 Å². The van der Waals surface area contributed by atoms with Gasteiger partial charge in [-0.05, 0) is 30.9 Å². The van der Waals surface area contributed by atoms with Crippen LogP contribution in [-0.2, 0) is 0 Å². The summed E-state index contributed by atoms with van der Waals surface area (Å²) in [5.74, 6) is -0.841. The molecule has 2 aromatic rings. The molecule has 2 N–H and O–H groups in total. The van der Waals surface area contributed by atoms with E-state index in [0.29, 0.717) is 11.4 Å². The molecule has 0 aliphatic heterocycles. The summed E-state index contributed by atoms with van der Waals surface area (Å²) in [6.07, 6.45) is 1.87. The van der Waals surface area contributed by atoms with Gasteiger partial charge in [0, 0.05) is 6.04 Å². The van der Waals surface area contributed by atoms with Crippen LogP contribution in [0.4, 0.5) is 14.7 Å². The third-order valence-electron chi connectivity index (χ3n) is 3.48. The average molecular weight is 237 g/mol. The predicted octanol–water partition coefficient (Wildman–Crippen LogP) is 2.87. The van der Waals surface area contributed by atoms with Crippen LogP contribution in [0.25, 0.3) is 11.0 Å². The normalized spacial score (nSPS) is 23.9. The number of fused-ring (bicyclic) bond motifs is 1. The number of rotatable bonds is 1. The summed E-state index contributed by atoms with van der Waals surface area (Å²) in [4.78, 5) is 4.08. The van der Waals surface area contributed by atoms with E-state index in [0.717, 1.165) is 18.9 Å². The smallest absolute Gasteiger partial charge is 0.201 e. The van der Waals surface area contributed by atoms with Crippen molar-refractivity contribution in [2.45, 2.75) is 25.8 Å². The average Bonchev–Trinajstić information content (AvgIpc) is 2.57. The number of hydrogen-bond acceptors (Lipinski definition) is 2. The van der Waals surface area contributed by atoms with E-state index in [9.17, 15) is 8.78 Å². The zero-order valence-corrected chi connectivity index (χ0v) is 9.45. The van der Waals surface area contributed by atoms with Gasteiger partial charge in [0.15, 0.2) is 11.6 Å². The largest absolute Gasteiger partial charge is 0.369 e. The van der Waals surface area contributed by atoms with Gasteiger partial charge in [-0.2, -0.15) is 0 Å². The van der Waals surface area contributed by atoms with Crippen LogP contribution < -0.4 is 5.73 Å². The van der Waals surface area contributed by atoms with Gasteiger partial charge in [-0.25, -0.2) is 13.8 Å². The van der Waals surface area contributed by atoms with E-state index in [1.807, 2.05) is 0 Å². The third-order valence-corrected chi connectivity index (χ3v) is 3.48. The molecule has 1 fully saturated rings. The van der Waals surface area contributed by atoms with Gasteiger partial charge in [-0.1, -0.05) is 6.92 Å². The number of aromatic nitrogens is 2. The first kappa shape index (κ1) is 10.5. The first-order valence-corrected chi connectivity index (χ1v) is 5.69. The monoisotopic (exact) mass is 237 g/mol. The summed E-state index contributed by atoms with van der Waals surface area (Å²) in [6, 6.07) is 2.69. The fourth-order valence-electron chi connectivity index (χ4n) is 2.58. The van der Waals surface area contributed by atoms with Crippen molar-refractivity contribution in [1.29, 1.82) is 0 Å². The number of anilines is 1. The van der Waals surface area contributed by atoms with Crippen LogP contribution in [0.2, 0.25) is 0 Å². The number of nitrogen functional groups attached to an aromatic ring is 1. The molecule has 17 heavy (non-hydrogen) atoms. The number of nitrogens with zero attached hydrogens (tertiary/aromatic N) is 2. The molecule has 0 radical (unpaired) electrons. The fraction of sp³-hybridized carbons (Fsp3) is 0.417. The summed E-state index contributed by atoms with van der Waals surface area (Å²) >= 11 is 0. The van der Waals surface area contributed by atoms with Crippen molar-refractivity contribution in [3.8, 4) is 0 Å². The van der Waals surface area contributed by atoms with E-state index in [1.165, 1.54) is 6.07 Å². The lowest BCUT2D eigenvalue weighted by Gasteiger charge is -2.34. The third kappa shape index (κ3) is 1.41. The second kappa shape index (κ2) is 3.42. The molecule has 0 saturated heterocycles. The Morgan fingerprint density at radius 3 is 2.71 bits per heavy atom. The summed E-state index contributed by atoms with van der Waals surface area (Å²) in [7, 11) is 0. The van der Waals surface area contributed by atoms with Crippen molar-refractivity contribution >= 4 is 17.0 Å². The number of nitrogens with two attached hydrogens (primary N) is 1. The summed E-state index contributed by atoms with van der Waals surface area (Å²) in [5.41, 5.74) is 6.40. The Hall–Kier alpha value is -1.65. The SMILES string of the molecule is CC1CC(n2c(N)nc3ccc(F)c(F)c32)C1. The Kier molecular flexibility index (Phi) is 2.11. The summed E-state index contributed by atoms with van der Waals surface area (Å²) < 4.78 is 28.7. The lowest BCUT2D eigenvalue weighted by atomic mass is 9.81. The van der Waals surface area contributed by atoms with E-state index in [2.05, 4.69) is 11.9 Å². The van der Waals surface area contributed by atoms with E-state index in [1.54, 1.807) is 4.57 Å². The molecule has 3 rings (SSSR count). The lowest BCUT2D eigenvalue weighted by molar-refractivity contribution is 0.222. The highest BCUT2D eigenvalue weighted by molar-refractivity contribution is 5.79. The Bertz CT molecular complexity index is 585. The van der Waals surface area contributed by atoms with Crippen molar-refractivity contribution < 1.29 is 8.78 Å². The molecule has 1 heterocycles. The van der Waals surface area contributed by atoms with Crippen LogP contribution in [0.15, 0.2) is 12.1 Å². The van der Waals surface area contributed by atoms with Crippen LogP contribution in [0.1, 0.15) is 25.8 Å². The molecule has 0 amide bonds. The molecule has 0 atom stereocenters. The maximum absolute atomic E-state index is 13.8. The molecular formula is C12H13F2N3. The quantitative estimate of drug-likeness (QED) is 0.828. The van der Waals surface area contributed by atoms with Crippen LogP contribution in [-0.4, -0.2) is 9.55 Å². The van der Waals surface area contributed by atoms with E-state index < -0.39 is 11.6 Å². The first-order chi connectivity index (χ1) is 8.08. The fourth-order valence-corrected chi connectivity index (χ4v) is 2.58. The molecule has 0 unspecified atom stereocenters. The topological polar surface area (TPSA) is 43.8 Å². The number of benzene rings is 1. The van der Waals surface area contributed by atoms with Crippen LogP contribution in [0.3, 0.4) is 0 Å². The van der Waals surface area contributed by atoms with Crippen molar-refractivity contribution in [3.63, 3.8) is 0 Å². The minimum absolute atomic E-state index is 0.145. The lowest BCUT2D eigenvalue weighted by Crippen LogP contribution is -2.26. The second-order valence-electron chi connectivity index (χ2n) is 4.80. The number of imidazole rings is 1. The number of hydrogen-bond donors (Lipinski definition) is 1. The van der Waals surface area contributed by atoms with Crippen molar-refractivity contribution in [3.05, 3.63) is 23.8 Å². The standard InChI is InChI=1S/C12H13F2N3/c1-6-4-7(5-6)17-11-9(16-12(17)15)3-2-8(13)10(11)14/h2-3,6-7H,4-5H2,1H3,(H2,15,16). The molecule has 3 nitrogen and oxygen atoms in total. The molecule has 0 spiro atoms. The Morgan fingerprint density at radius 2 is 2.06 bits per heavy atom. The molecular weight excluding hydrogens is 224 g/mol. The molecule has 1 aliphatic carbocycles. The van der Waals surface area contributed by atoms with Gasteiger partial charge in [-0.3, -0.25) is 0 Å². The molecule has 1 aromatic carbocycles. The molecule has 1 saturated carbocycles. The maximum atomic E-state index is 13.8. The van der Waals surface area contributed by atoms with Gasteiger partial charge in [0.2, 0.25) is 5.95 Å². The Morgan fingerprint density at radius 1 is 1.35 bits per heavy atom. The van der Waals surface area contributed by atoms with Crippen molar-refractivity contribution in [2.24, 2.45) is 5.92 Å². The van der Waals surface area contributed by atoms with Gasteiger partial charge >= 0.3 is 0 Å². The van der Waals surface area contributed by atoms with Gasteiger partial charge in [-0.15, -0.1) is 0 Å². The summed E-state index contributed by atoms with van der Waals surface area (Å²) in [5, 5.41) is 0. The highest BCUT2D eigenvalue weighted by Crippen LogP contribution is 2.41. The Labute approximate surface area is 97.2 Å². The zero-order chi connectivity index (χ0) is 12.2. The molecule has 5 heteroatoms. The second-order valence-corrected chi connectivity index (χ2v) is 4.80. The highest BCUT2D eigenvalue weighted by atomic mass is 19.2. The van der Waals surface area contributed by atoms with E-state index in [-0.39, 0.29) is 17.5 Å². The van der Waals surface area contributed by atoms with E-state index >= 15 is 0 Å². The van der Waals surface area contributed by atoms with Crippen LogP contribution in [0, 0.1) is 17.6 Å². The van der Waals surface area contributed by atoms with Gasteiger partial charge in [0.1, 0.15) is 5.52 Å².